The van der Waals surface area contributed by atoms with Crippen LogP contribution in [-0.4, -0.2) is 11.1 Å². The van der Waals surface area contributed by atoms with Crippen LogP contribution in [0.25, 0.3) is 0 Å². The molecule has 1 atom stereocenters. The van der Waals surface area contributed by atoms with Crippen LogP contribution in [0.1, 0.15) is 63.6 Å². The SMILES string of the molecule is CCNC1CCCCc2cn(CCC(C)C)cc21. The minimum Gasteiger partial charge on any atom is -0.354 e. The Morgan fingerprint density at radius 3 is 2.89 bits per heavy atom. The minimum absolute atomic E-state index is 0.591. The quantitative estimate of drug-likeness (QED) is 0.782. The summed E-state index contributed by atoms with van der Waals surface area (Å²) in [4.78, 5) is 0. The summed E-state index contributed by atoms with van der Waals surface area (Å²) in [6.45, 7) is 9.05. The topological polar surface area (TPSA) is 17.0 Å². The Kier molecular flexibility index (Phi) is 4.87. The standard InChI is InChI=1S/C16H28N2/c1-4-17-16-8-6-5-7-14-11-18(12-15(14)16)10-9-13(2)3/h11-13,16-17H,4-10H2,1-3H3. The van der Waals surface area contributed by atoms with Crippen molar-refractivity contribution < 1.29 is 0 Å². The van der Waals surface area contributed by atoms with Crippen LogP contribution in [-0.2, 0) is 13.0 Å². The second kappa shape index (κ2) is 6.42. The lowest BCUT2D eigenvalue weighted by molar-refractivity contribution is 0.494. The van der Waals surface area contributed by atoms with Gasteiger partial charge >= 0.3 is 0 Å². The van der Waals surface area contributed by atoms with Gasteiger partial charge in [-0.3, -0.25) is 0 Å². The van der Waals surface area contributed by atoms with Gasteiger partial charge in [0.2, 0.25) is 0 Å². The van der Waals surface area contributed by atoms with Gasteiger partial charge in [0.25, 0.3) is 0 Å². The van der Waals surface area contributed by atoms with E-state index in [-0.39, 0.29) is 0 Å². The molecule has 0 aromatic carbocycles. The van der Waals surface area contributed by atoms with Crippen LogP contribution in [0.15, 0.2) is 12.4 Å². The molecule has 0 spiro atoms. The molecule has 2 heteroatoms. The average Bonchev–Trinajstić information content (AvgIpc) is 2.65. The number of hydrogen-bond acceptors (Lipinski definition) is 1. The van der Waals surface area contributed by atoms with E-state index in [0.29, 0.717) is 6.04 Å². The van der Waals surface area contributed by atoms with Gasteiger partial charge in [0, 0.05) is 25.0 Å². The second-order valence-corrected chi connectivity index (χ2v) is 6.02. The Labute approximate surface area is 112 Å². The van der Waals surface area contributed by atoms with E-state index < -0.39 is 0 Å². The first-order valence-corrected chi connectivity index (χ1v) is 7.62. The number of nitrogens with one attached hydrogen (secondary N) is 1. The van der Waals surface area contributed by atoms with Gasteiger partial charge in [-0.1, -0.05) is 27.2 Å². The van der Waals surface area contributed by atoms with Crippen molar-refractivity contribution in [1.82, 2.24) is 9.88 Å². The summed E-state index contributed by atoms with van der Waals surface area (Å²) in [5.41, 5.74) is 3.15. The summed E-state index contributed by atoms with van der Waals surface area (Å²) in [5, 5.41) is 3.65. The fourth-order valence-electron chi connectivity index (χ4n) is 2.91. The monoisotopic (exact) mass is 248 g/mol. The van der Waals surface area contributed by atoms with E-state index in [9.17, 15) is 0 Å². The number of aryl methyl sites for hydroxylation is 2. The maximum atomic E-state index is 3.65. The third kappa shape index (κ3) is 3.38. The summed E-state index contributed by atoms with van der Waals surface area (Å²) in [5.74, 6) is 0.789. The predicted molar refractivity (Wildman–Crippen MR) is 77.9 cm³/mol. The molecule has 0 amide bonds. The summed E-state index contributed by atoms with van der Waals surface area (Å²) < 4.78 is 2.42. The molecular formula is C16H28N2. The van der Waals surface area contributed by atoms with Gasteiger partial charge in [-0.25, -0.2) is 0 Å². The molecule has 1 aliphatic rings. The highest BCUT2D eigenvalue weighted by Gasteiger charge is 2.19. The maximum absolute atomic E-state index is 3.65. The Balaban J connectivity index is 2.11. The second-order valence-electron chi connectivity index (χ2n) is 6.02. The van der Waals surface area contributed by atoms with Gasteiger partial charge in [0.1, 0.15) is 0 Å². The molecule has 0 saturated carbocycles. The number of aromatic nitrogens is 1. The fraction of sp³-hybridized carbons (Fsp3) is 0.750. The Morgan fingerprint density at radius 1 is 1.33 bits per heavy atom. The molecule has 18 heavy (non-hydrogen) atoms. The molecule has 0 bridgehead atoms. The van der Waals surface area contributed by atoms with Gasteiger partial charge < -0.3 is 9.88 Å². The molecule has 1 aromatic heterocycles. The van der Waals surface area contributed by atoms with Crippen molar-refractivity contribution in [3.63, 3.8) is 0 Å². The van der Waals surface area contributed by atoms with Crippen LogP contribution in [0.5, 0.6) is 0 Å². The molecule has 102 valence electrons. The maximum Gasteiger partial charge on any atom is 0.0337 e. The lowest BCUT2D eigenvalue weighted by Gasteiger charge is -2.15. The predicted octanol–water partition coefficient (Wildman–Crippen LogP) is 3.91. The zero-order chi connectivity index (χ0) is 13.0. The van der Waals surface area contributed by atoms with E-state index in [1.54, 1.807) is 11.1 Å². The minimum atomic E-state index is 0.591. The van der Waals surface area contributed by atoms with Crippen molar-refractivity contribution >= 4 is 0 Å². The molecule has 1 unspecified atom stereocenters. The highest BCUT2D eigenvalue weighted by Crippen LogP contribution is 2.29. The normalized spacial score (nSPS) is 19.9. The number of fused-ring (bicyclic) bond motifs is 1. The van der Waals surface area contributed by atoms with E-state index in [4.69, 9.17) is 0 Å². The van der Waals surface area contributed by atoms with Crippen molar-refractivity contribution in [3.05, 3.63) is 23.5 Å². The van der Waals surface area contributed by atoms with E-state index in [1.165, 1.54) is 38.6 Å². The number of hydrogen-bond donors (Lipinski definition) is 1. The third-order valence-corrected chi connectivity index (χ3v) is 3.98. The largest absolute Gasteiger partial charge is 0.354 e. The molecular weight excluding hydrogens is 220 g/mol. The van der Waals surface area contributed by atoms with Gasteiger partial charge in [-0.15, -0.1) is 0 Å². The van der Waals surface area contributed by atoms with Gasteiger partial charge in [0.15, 0.2) is 0 Å². The highest BCUT2D eigenvalue weighted by atomic mass is 15.0. The van der Waals surface area contributed by atoms with Crippen LogP contribution in [0.4, 0.5) is 0 Å². The molecule has 0 radical (unpaired) electrons. The van der Waals surface area contributed by atoms with Crippen LogP contribution in [0, 0.1) is 5.92 Å². The molecule has 1 N–H and O–H groups in total. The Hall–Kier alpha value is -0.760. The highest BCUT2D eigenvalue weighted by molar-refractivity contribution is 5.29. The van der Waals surface area contributed by atoms with Crippen molar-refractivity contribution in [2.45, 2.75) is 65.5 Å². The molecule has 2 nitrogen and oxygen atoms in total. The number of rotatable bonds is 5. The zero-order valence-corrected chi connectivity index (χ0v) is 12.2. The van der Waals surface area contributed by atoms with E-state index in [1.807, 2.05) is 0 Å². The van der Waals surface area contributed by atoms with Crippen molar-refractivity contribution in [2.75, 3.05) is 6.54 Å². The van der Waals surface area contributed by atoms with Crippen molar-refractivity contribution in [1.29, 1.82) is 0 Å². The lowest BCUT2D eigenvalue weighted by Crippen LogP contribution is -2.20. The molecule has 1 heterocycles. The molecule has 0 saturated heterocycles. The van der Waals surface area contributed by atoms with Crippen molar-refractivity contribution in [2.24, 2.45) is 5.92 Å². The van der Waals surface area contributed by atoms with Crippen LogP contribution in [0.2, 0.25) is 0 Å². The molecule has 0 aliphatic heterocycles. The molecule has 1 aliphatic carbocycles. The summed E-state index contributed by atoms with van der Waals surface area (Å²) in [6, 6.07) is 0.591. The first-order chi connectivity index (χ1) is 8.70. The van der Waals surface area contributed by atoms with E-state index >= 15 is 0 Å². The first kappa shape index (κ1) is 13.7. The Bertz CT molecular complexity index is 365. The third-order valence-electron chi connectivity index (χ3n) is 3.98. The lowest BCUT2D eigenvalue weighted by atomic mass is 10.0. The summed E-state index contributed by atoms with van der Waals surface area (Å²) in [6.07, 6.45) is 11.4. The smallest absolute Gasteiger partial charge is 0.0337 e. The fourth-order valence-corrected chi connectivity index (χ4v) is 2.91. The molecule has 1 aromatic rings. The van der Waals surface area contributed by atoms with E-state index in [0.717, 1.165) is 12.5 Å². The van der Waals surface area contributed by atoms with Crippen LogP contribution < -0.4 is 5.32 Å². The molecule has 2 rings (SSSR count). The van der Waals surface area contributed by atoms with Gasteiger partial charge in [0.05, 0.1) is 0 Å². The zero-order valence-electron chi connectivity index (χ0n) is 12.2. The van der Waals surface area contributed by atoms with E-state index in [2.05, 4.69) is 43.0 Å². The Morgan fingerprint density at radius 2 is 2.17 bits per heavy atom. The average molecular weight is 248 g/mol. The summed E-state index contributed by atoms with van der Waals surface area (Å²) >= 11 is 0. The van der Waals surface area contributed by atoms with Crippen LogP contribution >= 0.6 is 0 Å². The molecule has 0 fully saturated rings. The van der Waals surface area contributed by atoms with Gasteiger partial charge in [-0.2, -0.15) is 0 Å². The summed E-state index contributed by atoms with van der Waals surface area (Å²) in [7, 11) is 0. The van der Waals surface area contributed by atoms with Crippen molar-refractivity contribution in [3.8, 4) is 0 Å². The first-order valence-electron chi connectivity index (χ1n) is 7.62. The van der Waals surface area contributed by atoms with Gasteiger partial charge in [-0.05, 0) is 49.3 Å². The van der Waals surface area contributed by atoms with Crippen LogP contribution in [0.3, 0.4) is 0 Å². The number of nitrogens with zero attached hydrogens (tertiary/aromatic N) is 1.